The van der Waals surface area contributed by atoms with Crippen molar-refractivity contribution in [2.45, 2.75) is 27.3 Å². The first-order valence-electron chi connectivity index (χ1n) is 9.60. The number of carbonyl (C=O) groups is 2. The minimum Gasteiger partial charge on any atom is -0.316 e. The predicted octanol–water partition coefficient (Wildman–Crippen LogP) is 6.29. The van der Waals surface area contributed by atoms with E-state index >= 15 is 0 Å². The molecule has 3 aromatic rings. The largest absolute Gasteiger partial charge is 0.316 e. The molecule has 1 aliphatic heterocycles. The van der Waals surface area contributed by atoms with Crippen LogP contribution in [0, 0.1) is 20.8 Å². The van der Waals surface area contributed by atoms with Crippen LogP contribution in [0.15, 0.2) is 59.5 Å². The molecule has 0 aliphatic carbocycles. The summed E-state index contributed by atoms with van der Waals surface area (Å²) in [5.41, 5.74) is 5.80. The fourth-order valence-corrected chi connectivity index (χ4v) is 4.76. The smallest absolute Gasteiger partial charge is 0.293 e. The number of thioether (sulfide) groups is 1. The van der Waals surface area contributed by atoms with E-state index < -0.39 is 0 Å². The number of imide groups is 1. The zero-order valence-electron chi connectivity index (χ0n) is 17.0. The maximum Gasteiger partial charge on any atom is 0.293 e. The molecule has 0 radical (unpaired) electrons. The Bertz CT molecular complexity index is 1200. The molecule has 152 valence electrons. The predicted molar refractivity (Wildman–Crippen MR) is 123 cm³/mol. The Labute approximate surface area is 185 Å². The zero-order valence-corrected chi connectivity index (χ0v) is 18.6. The number of nitrogens with zero attached hydrogens (tertiary/aromatic N) is 2. The van der Waals surface area contributed by atoms with Crippen LogP contribution < -0.4 is 0 Å². The summed E-state index contributed by atoms with van der Waals surface area (Å²) in [7, 11) is 0. The second-order valence-corrected chi connectivity index (χ2v) is 8.77. The monoisotopic (exact) mass is 436 g/mol. The van der Waals surface area contributed by atoms with Crippen molar-refractivity contribution in [3.63, 3.8) is 0 Å². The van der Waals surface area contributed by atoms with Gasteiger partial charge >= 0.3 is 0 Å². The van der Waals surface area contributed by atoms with Gasteiger partial charge in [-0.25, -0.2) is 0 Å². The lowest BCUT2D eigenvalue weighted by molar-refractivity contribution is -0.123. The van der Waals surface area contributed by atoms with Crippen molar-refractivity contribution < 1.29 is 9.59 Å². The number of aryl methyl sites for hydroxylation is 2. The third-order valence-corrected chi connectivity index (χ3v) is 6.37. The van der Waals surface area contributed by atoms with Gasteiger partial charge in [-0.2, -0.15) is 0 Å². The molecular weight excluding hydrogens is 416 g/mol. The highest BCUT2D eigenvalue weighted by Gasteiger charge is 2.35. The average Bonchev–Trinajstić information content (AvgIpc) is 3.12. The molecule has 2 amide bonds. The molecule has 6 heteroatoms. The van der Waals surface area contributed by atoms with E-state index in [1.807, 2.05) is 75.4 Å². The number of aromatic nitrogens is 1. The molecule has 1 aliphatic rings. The third kappa shape index (κ3) is 3.83. The SMILES string of the molecule is Cc1cccc(CN2C(=O)S/C(=C\c3cc(C)n(-c4ccccc4Cl)c3C)C2=O)c1. The van der Waals surface area contributed by atoms with Gasteiger partial charge in [-0.3, -0.25) is 14.5 Å². The first kappa shape index (κ1) is 20.5. The topological polar surface area (TPSA) is 42.3 Å². The van der Waals surface area contributed by atoms with Crippen molar-refractivity contribution >= 4 is 40.6 Å². The Morgan fingerprint density at radius 1 is 1.00 bits per heavy atom. The van der Waals surface area contributed by atoms with Crippen molar-refractivity contribution in [2.75, 3.05) is 0 Å². The van der Waals surface area contributed by atoms with Gasteiger partial charge in [0.15, 0.2) is 0 Å². The quantitative estimate of drug-likeness (QED) is 0.451. The van der Waals surface area contributed by atoms with Gasteiger partial charge in [0.05, 0.1) is 22.2 Å². The number of para-hydroxylation sites is 1. The van der Waals surface area contributed by atoms with Crippen LogP contribution in [-0.2, 0) is 11.3 Å². The van der Waals surface area contributed by atoms with E-state index in [0.29, 0.717) is 9.93 Å². The van der Waals surface area contributed by atoms with Crippen LogP contribution in [-0.4, -0.2) is 20.6 Å². The van der Waals surface area contributed by atoms with Crippen molar-refractivity contribution in [3.8, 4) is 5.69 Å². The van der Waals surface area contributed by atoms with E-state index in [9.17, 15) is 9.59 Å². The number of amides is 2. The fraction of sp³-hybridized carbons (Fsp3) is 0.167. The lowest BCUT2D eigenvalue weighted by Crippen LogP contribution is -2.27. The van der Waals surface area contributed by atoms with E-state index in [1.165, 1.54) is 4.90 Å². The van der Waals surface area contributed by atoms with Gasteiger partial charge in [-0.1, -0.05) is 53.6 Å². The summed E-state index contributed by atoms with van der Waals surface area (Å²) in [5, 5.41) is 0.414. The van der Waals surface area contributed by atoms with Crippen LogP contribution in [0.4, 0.5) is 4.79 Å². The number of hydrogen-bond acceptors (Lipinski definition) is 3. The minimum atomic E-state index is -0.256. The number of carbonyl (C=O) groups excluding carboxylic acids is 2. The Balaban J connectivity index is 1.64. The Kier molecular flexibility index (Phi) is 5.58. The average molecular weight is 437 g/mol. The second-order valence-electron chi connectivity index (χ2n) is 7.37. The highest BCUT2D eigenvalue weighted by molar-refractivity contribution is 8.18. The van der Waals surface area contributed by atoms with Crippen LogP contribution in [0.5, 0.6) is 0 Å². The maximum absolute atomic E-state index is 12.9. The molecule has 0 atom stereocenters. The standard InChI is InChI=1S/C24H21ClN2O2S/c1-15-7-6-8-18(11-15)14-26-23(28)22(30-24(26)29)13-19-12-16(2)27(17(19)3)21-10-5-4-9-20(21)25/h4-13H,14H2,1-3H3/b22-13-. The Morgan fingerprint density at radius 2 is 1.77 bits per heavy atom. The van der Waals surface area contributed by atoms with Gasteiger partial charge < -0.3 is 4.57 Å². The van der Waals surface area contributed by atoms with Crippen LogP contribution >= 0.6 is 23.4 Å². The van der Waals surface area contributed by atoms with Gasteiger partial charge in [-0.05, 0) is 67.9 Å². The molecule has 2 heterocycles. The van der Waals surface area contributed by atoms with E-state index in [4.69, 9.17) is 11.6 Å². The van der Waals surface area contributed by atoms with E-state index in [0.717, 1.165) is 45.5 Å². The van der Waals surface area contributed by atoms with Gasteiger partial charge in [0.2, 0.25) is 0 Å². The molecule has 0 saturated carbocycles. The summed E-state index contributed by atoms with van der Waals surface area (Å²) in [5.74, 6) is -0.256. The molecule has 1 saturated heterocycles. The minimum absolute atomic E-state index is 0.243. The molecule has 1 aromatic heterocycles. The Hall–Kier alpha value is -2.76. The number of rotatable bonds is 4. The summed E-state index contributed by atoms with van der Waals surface area (Å²) in [6.45, 7) is 6.25. The number of benzene rings is 2. The zero-order chi connectivity index (χ0) is 21.4. The molecule has 2 aromatic carbocycles. The van der Waals surface area contributed by atoms with Crippen molar-refractivity contribution in [2.24, 2.45) is 0 Å². The maximum atomic E-state index is 12.9. The van der Waals surface area contributed by atoms with Crippen molar-refractivity contribution in [3.05, 3.63) is 92.6 Å². The summed E-state index contributed by atoms with van der Waals surface area (Å²) < 4.78 is 2.06. The highest BCUT2D eigenvalue weighted by Crippen LogP contribution is 2.35. The second kappa shape index (κ2) is 8.17. The van der Waals surface area contributed by atoms with E-state index in [1.54, 1.807) is 6.08 Å². The van der Waals surface area contributed by atoms with Gasteiger partial charge in [0.1, 0.15) is 0 Å². The van der Waals surface area contributed by atoms with Crippen LogP contribution in [0.2, 0.25) is 5.02 Å². The van der Waals surface area contributed by atoms with E-state index in [2.05, 4.69) is 4.57 Å². The molecular formula is C24H21ClN2O2S. The summed E-state index contributed by atoms with van der Waals surface area (Å²) in [6, 6.07) is 17.5. The lowest BCUT2D eigenvalue weighted by atomic mass is 10.1. The third-order valence-electron chi connectivity index (χ3n) is 5.15. The van der Waals surface area contributed by atoms with Gasteiger partial charge in [0.25, 0.3) is 11.1 Å². The van der Waals surface area contributed by atoms with Gasteiger partial charge in [0, 0.05) is 11.4 Å². The number of halogens is 1. The summed E-state index contributed by atoms with van der Waals surface area (Å²) in [4.78, 5) is 27.2. The lowest BCUT2D eigenvalue weighted by Gasteiger charge is -2.12. The first-order chi connectivity index (χ1) is 14.3. The Morgan fingerprint density at radius 3 is 2.50 bits per heavy atom. The highest BCUT2D eigenvalue weighted by atomic mass is 35.5. The van der Waals surface area contributed by atoms with Crippen LogP contribution in [0.1, 0.15) is 28.1 Å². The molecule has 0 bridgehead atoms. The van der Waals surface area contributed by atoms with E-state index in [-0.39, 0.29) is 17.7 Å². The van der Waals surface area contributed by atoms with Crippen LogP contribution in [0.25, 0.3) is 11.8 Å². The van der Waals surface area contributed by atoms with Crippen LogP contribution in [0.3, 0.4) is 0 Å². The molecule has 0 spiro atoms. The number of hydrogen-bond donors (Lipinski definition) is 0. The molecule has 0 unspecified atom stereocenters. The van der Waals surface area contributed by atoms with Gasteiger partial charge in [-0.15, -0.1) is 0 Å². The van der Waals surface area contributed by atoms with Crippen molar-refractivity contribution in [1.29, 1.82) is 0 Å². The summed E-state index contributed by atoms with van der Waals surface area (Å²) in [6.07, 6.45) is 1.80. The van der Waals surface area contributed by atoms with Crippen molar-refractivity contribution in [1.82, 2.24) is 9.47 Å². The molecule has 30 heavy (non-hydrogen) atoms. The fourth-order valence-electron chi connectivity index (χ4n) is 3.71. The first-order valence-corrected chi connectivity index (χ1v) is 10.8. The molecule has 4 nitrogen and oxygen atoms in total. The molecule has 1 fully saturated rings. The molecule has 4 rings (SSSR count). The summed E-state index contributed by atoms with van der Waals surface area (Å²) >= 11 is 7.37. The molecule has 0 N–H and O–H groups in total. The normalized spacial score (nSPS) is 15.5.